The summed E-state index contributed by atoms with van der Waals surface area (Å²) >= 11 is 0. The quantitative estimate of drug-likeness (QED) is 0.187. The van der Waals surface area contributed by atoms with Crippen molar-refractivity contribution >= 4 is 21.8 Å². The lowest BCUT2D eigenvalue weighted by molar-refractivity contribution is 0.584. The summed E-state index contributed by atoms with van der Waals surface area (Å²) in [6.07, 6.45) is 0. The van der Waals surface area contributed by atoms with Gasteiger partial charge in [0.1, 0.15) is 0 Å². The first-order valence-electron chi connectivity index (χ1n) is 16.1. The molecule has 0 radical (unpaired) electrons. The molecule has 9 aromatic rings. The summed E-state index contributed by atoms with van der Waals surface area (Å²) in [6.45, 7) is 0. The van der Waals surface area contributed by atoms with E-state index in [0.29, 0.717) is 11.8 Å². The van der Waals surface area contributed by atoms with Crippen molar-refractivity contribution in [2.45, 2.75) is 0 Å². The van der Waals surface area contributed by atoms with E-state index in [2.05, 4.69) is 148 Å². The minimum atomic E-state index is 0.503. The molecule has 9 rings (SSSR count). The van der Waals surface area contributed by atoms with Crippen LogP contribution in [0.1, 0.15) is 0 Å². The molecule has 0 aliphatic rings. The van der Waals surface area contributed by atoms with E-state index in [4.69, 9.17) is 4.42 Å². The predicted octanol–water partition coefficient (Wildman–Crippen LogP) is 11.5. The molecule has 0 saturated heterocycles. The van der Waals surface area contributed by atoms with E-state index in [1.54, 1.807) is 0 Å². The fourth-order valence-corrected chi connectivity index (χ4v) is 6.76. The van der Waals surface area contributed by atoms with Gasteiger partial charge >= 0.3 is 0 Å². The van der Waals surface area contributed by atoms with Crippen molar-refractivity contribution < 1.29 is 4.42 Å². The van der Waals surface area contributed by atoms with Gasteiger partial charge in [0.2, 0.25) is 11.8 Å². The number of fused-ring (bicyclic) bond motifs is 3. The van der Waals surface area contributed by atoms with E-state index in [1.165, 1.54) is 44.1 Å². The second kappa shape index (κ2) is 11.7. The van der Waals surface area contributed by atoms with Crippen molar-refractivity contribution in [3.63, 3.8) is 0 Å². The molecule has 0 amide bonds. The molecule has 0 unspecified atom stereocenters. The fourth-order valence-electron chi connectivity index (χ4n) is 6.76. The molecule has 0 aliphatic heterocycles. The van der Waals surface area contributed by atoms with Crippen LogP contribution in [0.25, 0.3) is 83.8 Å². The lowest BCUT2D eigenvalue weighted by atomic mass is 9.89. The molecule has 2 heterocycles. The maximum atomic E-state index is 6.01. The molecular formula is C44H29N3O. The molecule has 0 N–H and O–H groups in total. The first-order chi connectivity index (χ1) is 23.8. The van der Waals surface area contributed by atoms with Crippen molar-refractivity contribution in [3.8, 4) is 62.0 Å². The summed E-state index contributed by atoms with van der Waals surface area (Å²) < 4.78 is 8.37. The Morgan fingerprint density at radius 1 is 0.333 bits per heavy atom. The topological polar surface area (TPSA) is 43.9 Å². The second-order valence-electron chi connectivity index (χ2n) is 11.9. The van der Waals surface area contributed by atoms with Gasteiger partial charge < -0.3 is 8.98 Å². The van der Waals surface area contributed by atoms with Crippen LogP contribution in [0, 0.1) is 0 Å². The lowest BCUT2D eigenvalue weighted by Crippen LogP contribution is -1.94. The van der Waals surface area contributed by atoms with Gasteiger partial charge in [0, 0.05) is 27.6 Å². The summed E-state index contributed by atoms with van der Waals surface area (Å²) in [4.78, 5) is 0. The summed E-state index contributed by atoms with van der Waals surface area (Å²) in [6, 6.07) is 61.7. The van der Waals surface area contributed by atoms with Gasteiger partial charge in [-0.15, -0.1) is 10.2 Å². The zero-order chi connectivity index (χ0) is 31.9. The molecule has 0 spiro atoms. The van der Waals surface area contributed by atoms with Crippen LogP contribution in [0.4, 0.5) is 0 Å². The van der Waals surface area contributed by atoms with Gasteiger partial charge in [-0.3, -0.25) is 0 Å². The molecule has 0 saturated carbocycles. The predicted molar refractivity (Wildman–Crippen MR) is 196 cm³/mol. The highest BCUT2D eigenvalue weighted by Crippen LogP contribution is 2.39. The van der Waals surface area contributed by atoms with E-state index in [1.807, 2.05) is 42.5 Å². The Morgan fingerprint density at radius 3 is 1.27 bits per heavy atom. The molecule has 0 aliphatic carbocycles. The summed E-state index contributed by atoms with van der Waals surface area (Å²) in [5.41, 5.74) is 12.4. The first-order valence-corrected chi connectivity index (χ1v) is 16.1. The van der Waals surface area contributed by atoms with Crippen LogP contribution in [-0.4, -0.2) is 14.8 Å². The molecule has 2 aromatic heterocycles. The Hall–Kier alpha value is -6.52. The highest BCUT2D eigenvalue weighted by molar-refractivity contribution is 6.09. The van der Waals surface area contributed by atoms with Crippen molar-refractivity contribution in [1.82, 2.24) is 14.8 Å². The molecular weight excluding hydrogens is 587 g/mol. The third-order valence-corrected chi connectivity index (χ3v) is 9.05. The standard InChI is InChI=1S/C44H29N3O/c1-2-12-32(13-3-1)43-45-46-44(48-43)33-24-22-30(23-25-33)35-14-4-6-16-37(35)38-17-7-5-15-36(38)31-26-28-34(29-27-31)47-41-20-10-8-18-39(41)40-19-9-11-21-42(40)47/h1-29H. The number of hydrogen-bond donors (Lipinski definition) is 0. The molecule has 4 nitrogen and oxygen atoms in total. The van der Waals surface area contributed by atoms with E-state index in [-0.39, 0.29) is 0 Å². The molecule has 0 atom stereocenters. The third kappa shape index (κ3) is 4.79. The Balaban J connectivity index is 1.06. The Bertz CT molecular complexity index is 2490. The van der Waals surface area contributed by atoms with Crippen molar-refractivity contribution in [2.75, 3.05) is 0 Å². The Kier molecular flexibility index (Phi) is 6.76. The van der Waals surface area contributed by atoms with Crippen LogP contribution in [0.15, 0.2) is 180 Å². The van der Waals surface area contributed by atoms with Crippen LogP contribution in [0.2, 0.25) is 0 Å². The minimum absolute atomic E-state index is 0.503. The number of aromatic nitrogens is 3. The maximum Gasteiger partial charge on any atom is 0.248 e. The number of nitrogens with zero attached hydrogens (tertiary/aromatic N) is 3. The molecule has 226 valence electrons. The van der Waals surface area contributed by atoms with Crippen molar-refractivity contribution in [1.29, 1.82) is 0 Å². The SMILES string of the molecule is c1ccc(-c2nnc(-c3ccc(-c4ccccc4-c4ccccc4-c4ccc(-n5c6ccccc6c6ccccc65)cc4)cc3)o2)cc1. The van der Waals surface area contributed by atoms with Crippen LogP contribution in [0.3, 0.4) is 0 Å². The van der Waals surface area contributed by atoms with Gasteiger partial charge in [-0.1, -0.05) is 127 Å². The average Bonchev–Trinajstić information content (AvgIpc) is 3.80. The maximum absolute atomic E-state index is 6.01. The molecule has 48 heavy (non-hydrogen) atoms. The molecule has 7 aromatic carbocycles. The number of benzene rings is 7. The number of hydrogen-bond acceptors (Lipinski definition) is 3. The largest absolute Gasteiger partial charge is 0.416 e. The zero-order valence-corrected chi connectivity index (χ0v) is 26.0. The van der Waals surface area contributed by atoms with Crippen molar-refractivity contribution in [2.24, 2.45) is 0 Å². The van der Waals surface area contributed by atoms with Gasteiger partial charge in [-0.05, 0) is 81.9 Å². The second-order valence-corrected chi connectivity index (χ2v) is 11.9. The number of para-hydroxylation sites is 2. The molecule has 0 fully saturated rings. The minimum Gasteiger partial charge on any atom is -0.416 e. The average molecular weight is 616 g/mol. The third-order valence-electron chi connectivity index (χ3n) is 9.05. The van der Waals surface area contributed by atoms with E-state index in [0.717, 1.165) is 27.9 Å². The molecule has 0 bridgehead atoms. The summed E-state index contributed by atoms with van der Waals surface area (Å²) in [7, 11) is 0. The normalized spacial score (nSPS) is 11.3. The highest BCUT2D eigenvalue weighted by Gasteiger charge is 2.15. The van der Waals surface area contributed by atoms with E-state index >= 15 is 0 Å². The van der Waals surface area contributed by atoms with Gasteiger partial charge in [0.05, 0.1) is 11.0 Å². The van der Waals surface area contributed by atoms with Crippen LogP contribution < -0.4 is 0 Å². The van der Waals surface area contributed by atoms with Crippen LogP contribution >= 0.6 is 0 Å². The van der Waals surface area contributed by atoms with Crippen LogP contribution in [-0.2, 0) is 0 Å². The Labute approximate surface area is 278 Å². The van der Waals surface area contributed by atoms with Gasteiger partial charge in [-0.25, -0.2) is 0 Å². The smallest absolute Gasteiger partial charge is 0.248 e. The summed E-state index contributed by atoms with van der Waals surface area (Å²) in [5.74, 6) is 1.02. The molecule has 4 heteroatoms. The van der Waals surface area contributed by atoms with Gasteiger partial charge in [-0.2, -0.15) is 0 Å². The van der Waals surface area contributed by atoms with E-state index < -0.39 is 0 Å². The fraction of sp³-hybridized carbons (Fsp3) is 0. The van der Waals surface area contributed by atoms with E-state index in [9.17, 15) is 0 Å². The zero-order valence-electron chi connectivity index (χ0n) is 26.0. The first kappa shape index (κ1) is 27.8. The van der Waals surface area contributed by atoms with Crippen LogP contribution in [0.5, 0.6) is 0 Å². The van der Waals surface area contributed by atoms with Gasteiger partial charge in [0.15, 0.2) is 0 Å². The summed E-state index contributed by atoms with van der Waals surface area (Å²) in [5, 5.41) is 11.1. The highest BCUT2D eigenvalue weighted by atomic mass is 16.4. The van der Waals surface area contributed by atoms with Gasteiger partial charge in [0.25, 0.3) is 0 Å². The van der Waals surface area contributed by atoms with Crippen molar-refractivity contribution in [3.05, 3.63) is 176 Å². The number of rotatable bonds is 6. The monoisotopic (exact) mass is 615 g/mol. The Morgan fingerprint density at radius 2 is 0.729 bits per heavy atom. The lowest BCUT2D eigenvalue weighted by Gasteiger charge is -2.15.